The van der Waals surface area contributed by atoms with E-state index in [9.17, 15) is 4.79 Å². The molecule has 25 heavy (non-hydrogen) atoms. The van der Waals surface area contributed by atoms with Gasteiger partial charge in [0.05, 0.1) is 0 Å². The molecule has 2 aromatic heterocycles. The van der Waals surface area contributed by atoms with Gasteiger partial charge in [-0.15, -0.1) is 0 Å². The van der Waals surface area contributed by atoms with E-state index in [1.807, 2.05) is 17.0 Å². The Morgan fingerprint density at radius 1 is 1.16 bits per heavy atom. The van der Waals surface area contributed by atoms with E-state index in [2.05, 4.69) is 15.1 Å². The van der Waals surface area contributed by atoms with Gasteiger partial charge in [0, 0.05) is 43.9 Å². The fourth-order valence-corrected chi connectivity index (χ4v) is 4.02. The normalized spacial score (nSPS) is 21.1. The number of hydrogen-bond acceptors (Lipinski definition) is 5. The Hall–Kier alpha value is -2.24. The summed E-state index contributed by atoms with van der Waals surface area (Å²) in [7, 11) is 0. The zero-order valence-electron chi connectivity index (χ0n) is 14.4. The summed E-state index contributed by atoms with van der Waals surface area (Å²) in [6.07, 6.45) is 11.0. The van der Waals surface area contributed by atoms with E-state index in [-0.39, 0.29) is 0 Å². The third-order valence-electron chi connectivity index (χ3n) is 5.44. The molecule has 0 spiro atoms. The molecule has 1 saturated carbocycles. The second kappa shape index (κ2) is 7.33. The van der Waals surface area contributed by atoms with E-state index < -0.39 is 0 Å². The Morgan fingerprint density at radius 3 is 2.76 bits per heavy atom. The minimum absolute atomic E-state index is 0.333. The Morgan fingerprint density at radius 2 is 1.96 bits per heavy atom. The average Bonchev–Trinajstić information content (AvgIpc) is 3.38. The molecule has 1 amide bonds. The topological polar surface area (TPSA) is 72.1 Å². The molecule has 1 aliphatic carbocycles. The van der Waals surface area contributed by atoms with Crippen molar-refractivity contribution in [2.24, 2.45) is 11.8 Å². The van der Waals surface area contributed by atoms with Crippen LogP contribution in [0.15, 0.2) is 29.0 Å². The molecule has 2 fully saturated rings. The molecule has 2 aromatic rings. The van der Waals surface area contributed by atoms with E-state index in [0.717, 1.165) is 43.7 Å². The Labute approximate surface area is 147 Å². The molecule has 2 aliphatic rings. The number of carbonyl (C=O) groups excluding carboxylic acids is 1. The van der Waals surface area contributed by atoms with Crippen molar-refractivity contribution >= 4 is 5.91 Å². The van der Waals surface area contributed by atoms with Crippen LogP contribution in [0, 0.1) is 11.8 Å². The number of nitrogens with zero attached hydrogens (tertiary/aromatic N) is 4. The summed E-state index contributed by atoms with van der Waals surface area (Å²) in [5, 5.41) is 4.10. The Bertz CT molecular complexity index is 709. The second-order valence-corrected chi connectivity index (χ2v) is 7.30. The molecule has 0 N–H and O–H groups in total. The lowest BCUT2D eigenvalue weighted by Gasteiger charge is -2.18. The molecular weight excluding hydrogens is 316 g/mol. The van der Waals surface area contributed by atoms with Gasteiger partial charge < -0.3 is 9.42 Å². The maximum absolute atomic E-state index is 12.5. The number of likely N-dealkylation sites (tertiary alicyclic amines) is 1. The summed E-state index contributed by atoms with van der Waals surface area (Å²) in [4.78, 5) is 23.0. The first-order chi connectivity index (χ1) is 12.3. The average molecular weight is 340 g/mol. The quantitative estimate of drug-likeness (QED) is 0.836. The summed E-state index contributed by atoms with van der Waals surface area (Å²) in [6, 6.07) is 3.71. The lowest BCUT2D eigenvalue weighted by molar-refractivity contribution is -0.131. The van der Waals surface area contributed by atoms with Crippen LogP contribution in [0.3, 0.4) is 0 Å². The lowest BCUT2D eigenvalue weighted by Crippen LogP contribution is -2.30. The number of aromatic nitrogens is 3. The SMILES string of the molecule is O=C(CC1CCCC1)N1CCC(Cc2noc(-c3ccncc3)n2)C1. The lowest BCUT2D eigenvalue weighted by atomic mass is 10.0. The van der Waals surface area contributed by atoms with Gasteiger partial charge in [0.25, 0.3) is 5.89 Å². The minimum atomic E-state index is 0.333. The van der Waals surface area contributed by atoms with Gasteiger partial charge in [-0.25, -0.2) is 0 Å². The van der Waals surface area contributed by atoms with Gasteiger partial charge in [0.2, 0.25) is 5.91 Å². The Balaban J connectivity index is 1.30. The van der Waals surface area contributed by atoms with Crippen molar-refractivity contribution in [3.05, 3.63) is 30.4 Å². The maximum atomic E-state index is 12.5. The smallest absolute Gasteiger partial charge is 0.258 e. The number of amides is 1. The van der Waals surface area contributed by atoms with Crippen molar-refractivity contribution in [3.8, 4) is 11.5 Å². The first-order valence-electron chi connectivity index (χ1n) is 9.28. The molecule has 3 heterocycles. The molecule has 0 radical (unpaired) electrons. The number of carbonyl (C=O) groups is 1. The molecule has 1 unspecified atom stereocenters. The minimum Gasteiger partial charge on any atom is -0.342 e. The molecule has 132 valence electrons. The third-order valence-corrected chi connectivity index (χ3v) is 5.44. The molecule has 0 bridgehead atoms. The van der Waals surface area contributed by atoms with Crippen molar-refractivity contribution in [2.45, 2.75) is 44.9 Å². The van der Waals surface area contributed by atoms with Crippen LogP contribution in [-0.2, 0) is 11.2 Å². The summed E-state index contributed by atoms with van der Waals surface area (Å²) >= 11 is 0. The fourth-order valence-electron chi connectivity index (χ4n) is 4.02. The summed E-state index contributed by atoms with van der Waals surface area (Å²) in [5.74, 6) is 2.63. The third kappa shape index (κ3) is 3.89. The highest BCUT2D eigenvalue weighted by Crippen LogP contribution is 2.29. The number of pyridine rings is 1. The van der Waals surface area contributed by atoms with Gasteiger partial charge >= 0.3 is 0 Å². The predicted octanol–water partition coefficient (Wildman–Crippen LogP) is 3.10. The van der Waals surface area contributed by atoms with Gasteiger partial charge in [-0.1, -0.05) is 18.0 Å². The molecule has 1 aliphatic heterocycles. The van der Waals surface area contributed by atoms with Crippen molar-refractivity contribution in [3.63, 3.8) is 0 Å². The first-order valence-corrected chi connectivity index (χ1v) is 9.28. The van der Waals surface area contributed by atoms with Crippen molar-refractivity contribution < 1.29 is 9.32 Å². The largest absolute Gasteiger partial charge is 0.342 e. The van der Waals surface area contributed by atoms with E-state index >= 15 is 0 Å². The van der Waals surface area contributed by atoms with Crippen LogP contribution in [0.2, 0.25) is 0 Å². The monoisotopic (exact) mass is 340 g/mol. The highest BCUT2D eigenvalue weighted by atomic mass is 16.5. The van der Waals surface area contributed by atoms with Gasteiger partial charge in [-0.3, -0.25) is 9.78 Å². The van der Waals surface area contributed by atoms with E-state index in [1.54, 1.807) is 12.4 Å². The summed E-state index contributed by atoms with van der Waals surface area (Å²) < 4.78 is 5.35. The highest BCUT2D eigenvalue weighted by Gasteiger charge is 2.29. The fraction of sp³-hybridized carbons (Fsp3) is 0.579. The molecule has 0 aromatic carbocycles. The molecule has 6 heteroatoms. The zero-order valence-corrected chi connectivity index (χ0v) is 14.4. The summed E-state index contributed by atoms with van der Waals surface area (Å²) in [5.41, 5.74) is 0.883. The maximum Gasteiger partial charge on any atom is 0.258 e. The van der Waals surface area contributed by atoms with Crippen LogP contribution < -0.4 is 0 Å². The van der Waals surface area contributed by atoms with Crippen LogP contribution in [0.25, 0.3) is 11.5 Å². The summed E-state index contributed by atoms with van der Waals surface area (Å²) in [6.45, 7) is 1.69. The molecule has 1 atom stereocenters. The van der Waals surface area contributed by atoms with Gasteiger partial charge in [-0.05, 0) is 43.2 Å². The first kappa shape index (κ1) is 16.2. The zero-order chi connectivity index (χ0) is 17.1. The van der Waals surface area contributed by atoms with Crippen LogP contribution in [-0.4, -0.2) is 39.0 Å². The number of rotatable bonds is 5. The Kier molecular flexibility index (Phi) is 4.76. The van der Waals surface area contributed by atoms with Crippen LogP contribution in [0.4, 0.5) is 0 Å². The second-order valence-electron chi connectivity index (χ2n) is 7.30. The molecular formula is C19H24N4O2. The van der Waals surface area contributed by atoms with E-state index in [1.165, 1.54) is 25.7 Å². The van der Waals surface area contributed by atoms with E-state index in [4.69, 9.17) is 4.52 Å². The van der Waals surface area contributed by atoms with Gasteiger partial charge in [0.15, 0.2) is 5.82 Å². The number of hydrogen-bond donors (Lipinski definition) is 0. The van der Waals surface area contributed by atoms with Gasteiger partial charge in [-0.2, -0.15) is 4.98 Å². The van der Waals surface area contributed by atoms with Crippen LogP contribution in [0.5, 0.6) is 0 Å². The van der Waals surface area contributed by atoms with Crippen LogP contribution >= 0.6 is 0 Å². The molecule has 6 nitrogen and oxygen atoms in total. The molecule has 4 rings (SSSR count). The standard InChI is InChI=1S/C19H24N4O2/c24-18(12-14-3-1-2-4-14)23-10-7-15(13-23)11-17-21-19(25-22-17)16-5-8-20-9-6-16/h5-6,8-9,14-15H,1-4,7,10-13H2. The van der Waals surface area contributed by atoms with E-state index in [0.29, 0.717) is 23.6 Å². The van der Waals surface area contributed by atoms with Crippen molar-refractivity contribution in [1.29, 1.82) is 0 Å². The van der Waals surface area contributed by atoms with Crippen molar-refractivity contribution in [2.75, 3.05) is 13.1 Å². The highest BCUT2D eigenvalue weighted by molar-refractivity contribution is 5.76. The van der Waals surface area contributed by atoms with Gasteiger partial charge in [0.1, 0.15) is 0 Å². The van der Waals surface area contributed by atoms with Crippen molar-refractivity contribution in [1.82, 2.24) is 20.0 Å². The van der Waals surface area contributed by atoms with Crippen LogP contribution in [0.1, 0.15) is 44.3 Å². The molecule has 1 saturated heterocycles. The predicted molar refractivity (Wildman–Crippen MR) is 92.5 cm³/mol.